The second-order valence-corrected chi connectivity index (χ2v) is 8.28. The average molecular weight is 445 g/mol. The molecule has 0 bridgehead atoms. The molecule has 0 aliphatic carbocycles. The summed E-state index contributed by atoms with van der Waals surface area (Å²) in [5.41, 5.74) is 9.07. The Kier molecular flexibility index (Phi) is 4.60. The van der Waals surface area contributed by atoms with E-state index in [1.165, 1.54) is 4.90 Å². The van der Waals surface area contributed by atoms with Crippen LogP contribution < -0.4 is 5.73 Å². The zero-order valence-corrected chi connectivity index (χ0v) is 17.6. The van der Waals surface area contributed by atoms with E-state index >= 15 is 0 Å². The van der Waals surface area contributed by atoms with Crippen LogP contribution in [0, 0.1) is 6.92 Å². The van der Waals surface area contributed by atoms with Crippen molar-refractivity contribution in [2.75, 3.05) is 26.2 Å². The second kappa shape index (κ2) is 7.14. The fraction of sp³-hybridized carbons (Fsp3) is 0.400. The van der Waals surface area contributed by atoms with Gasteiger partial charge in [0.25, 0.3) is 0 Å². The normalized spacial score (nSPS) is 16.6. The molecule has 1 saturated heterocycles. The Balaban J connectivity index is 1.54. The Labute approximate surface area is 181 Å². The predicted molar refractivity (Wildman–Crippen MR) is 111 cm³/mol. The summed E-state index contributed by atoms with van der Waals surface area (Å²) in [6, 6.07) is 1.88. The van der Waals surface area contributed by atoms with E-state index in [1.54, 1.807) is 21.8 Å². The maximum absolute atomic E-state index is 12.8. The number of nitrogens with two attached hydrogens (primary N) is 1. The van der Waals surface area contributed by atoms with Crippen LogP contribution in [0.15, 0.2) is 37.1 Å². The van der Waals surface area contributed by atoms with Gasteiger partial charge >= 0.3 is 6.18 Å². The number of likely N-dealkylation sites (tertiary alicyclic amines) is 1. The number of fused-ring (bicyclic) bond motifs is 1. The van der Waals surface area contributed by atoms with Crippen molar-refractivity contribution in [3.05, 3.63) is 42.7 Å². The molecule has 0 amide bonds. The Hall–Kier alpha value is -3.25. The molecule has 0 spiro atoms. The quantitative estimate of drug-likeness (QED) is 0.504. The third kappa shape index (κ3) is 3.45. The zero-order chi connectivity index (χ0) is 22.7. The molecule has 0 aromatic carbocycles. The standard InChI is InChI=1S/C20H22F3N9/c1-13-15(8-32(28-13)19(9-24)10-30(11-19)12-20(21,22)23)18-27-16(14-6-26-29(2)7-14)5-17-25-3-4-31(17)18/h3-8H,9-12,24H2,1-2H3. The molecule has 5 heterocycles. The van der Waals surface area contributed by atoms with Crippen LogP contribution in [-0.4, -0.2) is 71.2 Å². The molecule has 4 aromatic rings. The molecule has 1 aliphatic heterocycles. The van der Waals surface area contributed by atoms with Crippen LogP contribution in [0.25, 0.3) is 28.3 Å². The monoisotopic (exact) mass is 445 g/mol. The van der Waals surface area contributed by atoms with E-state index in [4.69, 9.17) is 10.7 Å². The molecule has 168 valence electrons. The van der Waals surface area contributed by atoms with Gasteiger partial charge in [-0.25, -0.2) is 9.97 Å². The molecule has 4 aromatic heterocycles. The smallest absolute Gasteiger partial charge is 0.328 e. The topological polar surface area (TPSA) is 95.1 Å². The molecule has 0 radical (unpaired) electrons. The molecular formula is C20H22F3N9. The fourth-order valence-electron chi connectivity index (χ4n) is 4.26. The number of halogens is 3. The van der Waals surface area contributed by atoms with E-state index in [-0.39, 0.29) is 19.6 Å². The van der Waals surface area contributed by atoms with Crippen LogP contribution in [0.2, 0.25) is 0 Å². The average Bonchev–Trinajstić information content (AvgIpc) is 3.42. The van der Waals surface area contributed by atoms with Gasteiger partial charge in [0, 0.05) is 63.1 Å². The molecule has 32 heavy (non-hydrogen) atoms. The Bertz CT molecular complexity index is 1280. The van der Waals surface area contributed by atoms with Gasteiger partial charge < -0.3 is 5.73 Å². The van der Waals surface area contributed by atoms with E-state index in [9.17, 15) is 13.2 Å². The first kappa shape index (κ1) is 20.6. The number of hydrogen-bond donors (Lipinski definition) is 1. The minimum atomic E-state index is -4.24. The van der Waals surface area contributed by atoms with E-state index in [0.717, 1.165) is 16.8 Å². The Morgan fingerprint density at radius 1 is 1.22 bits per heavy atom. The van der Waals surface area contributed by atoms with Crippen LogP contribution in [0.4, 0.5) is 13.2 Å². The maximum atomic E-state index is 12.8. The second-order valence-electron chi connectivity index (χ2n) is 8.28. The molecule has 1 aliphatic rings. The lowest BCUT2D eigenvalue weighted by atomic mass is 9.90. The zero-order valence-electron chi connectivity index (χ0n) is 17.6. The third-order valence-electron chi connectivity index (χ3n) is 5.83. The number of aromatic nitrogens is 7. The highest BCUT2D eigenvalue weighted by Crippen LogP contribution is 2.33. The van der Waals surface area contributed by atoms with Crippen LogP contribution in [-0.2, 0) is 12.6 Å². The van der Waals surface area contributed by atoms with Crippen molar-refractivity contribution < 1.29 is 13.2 Å². The predicted octanol–water partition coefficient (Wildman–Crippen LogP) is 1.83. The Morgan fingerprint density at radius 2 is 2.00 bits per heavy atom. The van der Waals surface area contributed by atoms with Gasteiger partial charge in [0.05, 0.1) is 29.7 Å². The first-order valence-corrected chi connectivity index (χ1v) is 10.1. The molecule has 0 saturated carbocycles. The van der Waals surface area contributed by atoms with Crippen LogP contribution in [0.3, 0.4) is 0 Å². The van der Waals surface area contributed by atoms with Gasteiger partial charge in [-0.15, -0.1) is 0 Å². The summed E-state index contributed by atoms with van der Waals surface area (Å²) in [5, 5.41) is 8.83. The highest BCUT2D eigenvalue weighted by molar-refractivity contribution is 5.69. The minimum Gasteiger partial charge on any atom is -0.328 e. The number of nitrogens with zero attached hydrogens (tertiary/aromatic N) is 8. The highest BCUT2D eigenvalue weighted by atomic mass is 19.4. The fourth-order valence-corrected chi connectivity index (χ4v) is 4.26. The summed E-state index contributed by atoms with van der Waals surface area (Å²) in [6.45, 7) is 1.46. The van der Waals surface area contributed by atoms with Crippen molar-refractivity contribution >= 4 is 5.65 Å². The molecular weight excluding hydrogens is 423 g/mol. The van der Waals surface area contributed by atoms with Crippen LogP contribution in [0.5, 0.6) is 0 Å². The van der Waals surface area contributed by atoms with Crippen LogP contribution in [0.1, 0.15) is 5.69 Å². The number of alkyl halides is 3. The van der Waals surface area contributed by atoms with E-state index in [2.05, 4.69) is 15.2 Å². The summed E-state index contributed by atoms with van der Waals surface area (Å²) >= 11 is 0. The van der Waals surface area contributed by atoms with E-state index in [1.807, 2.05) is 43.0 Å². The van der Waals surface area contributed by atoms with Crippen LogP contribution >= 0.6 is 0 Å². The largest absolute Gasteiger partial charge is 0.401 e. The van der Waals surface area contributed by atoms with Gasteiger partial charge in [-0.2, -0.15) is 23.4 Å². The molecule has 0 atom stereocenters. The van der Waals surface area contributed by atoms with Gasteiger partial charge in [-0.05, 0) is 6.92 Å². The summed E-state index contributed by atoms with van der Waals surface area (Å²) < 4.78 is 43.5. The first-order valence-electron chi connectivity index (χ1n) is 10.1. The Morgan fingerprint density at radius 3 is 2.66 bits per heavy atom. The van der Waals surface area contributed by atoms with Crippen molar-refractivity contribution in [2.45, 2.75) is 18.6 Å². The van der Waals surface area contributed by atoms with Gasteiger partial charge in [-0.3, -0.25) is 18.7 Å². The number of aryl methyl sites for hydroxylation is 2. The SMILES string of the molecule is Cc1nn(C2(CN)CN(CC(F)(F)F)C2)cc1-c1nc(-c2cnn(C)c2)cc2nccn12. The van der Waals surface area contributed by atoms with Crippen molar-refractivity contribution in [3.8, 4) is 22.6 Å². The summed E-state index contributed by atoms with van der Waals surface area (Å²) in [6.07, 6.45) is 4.69. The van der Waals surface area contributed by atoms with E-state index in [0.29, 0.717) is 17.2 Å². The third-order valence-corrected chi connectivity index (χ3v) is 5.83. The van der Waals surface area contributed by atoms with Gasteiger partial charge in [-0.1, -0.05) is 0 Å². The van der Waals surface area contributed by atoms with Crippen molar-refractivity contribution in [1.82, 2.24) is 38.8 Å². The number of imidazole rings is 1. The summed E-state index contributed by atoms with van der Waals surface area (Å²) in [7, 11) is 1.83. The summed E-state index contributed by atoms with van der Waals surface area (Å²) in [5.74, 6) is 0.640. The lowest BCUT2D eigenvalue weighted by Crippen LogP contribution is -2.67. The van der Waals surface area contributed by atoms with E-state index < -0.39 is 18.3 Å². The lowest BCUT2D eigenvalue weighted by Gasteiger charge is -2.49. The first-order chi connectivity index (χ1) is 15.2. The van der Waals surface area contributed by atoms with Gasteiger partial charge in [0.1, 0.15) is 17.0 Å². The van der Waals surface area contributed by atoms with Gasteiger partial charge in [0.15, 0.2) is 0 Å². The molecule has 5 rings (SSSR count). The number of rotatable bonds is 5. The van der Waals surface area contributed by atoms with Gasteiger partial charge in [0.2, 0.25) is 0 Å². The highest BCUT2D eigenvalue weighted by Gasteiger charge is 2.48. The summed E-state index contributed by atoms with van der Waals surface area (Å²) in [4.78, 5) is 10.6. The molecule has 1 fully saturated rings. The molecule has 12 heteroatoms. The maximum Gasteiger partial charge on any atom is 0.401 e. The molecule has 0 unspecified atom stereocenters. The molecule has 2 N–H and O–H groups in total. The van der Waals surface area contributed by atoms with Crippen molar-refractivity contribution in [3.63, 3.8) is 0 Å². The van der Waals surface area contributed by atoms with Crippen molar-refractivity contribution in [2.24, 2.45) is 12.8 Å². The minimum absolute atomic E-state index is 0.186. The van der Waals surface area contributed by atoms with Crippen molar-refractivity contribution in [1.29, 1.82) is 0 Å². The molecule has 9 nitrogen and oxygen atoms in total. The number of hydrogen-bond acceptors (Lipinski definition) is 6. The lowest BCUT2D eigenvalue weighted by molar-refractivity contribution is -0.167.